The van der Waals surface area contributed by atoms with E-state index in [1.165, 1.54) is 18.4 Å². The number of hydrogen-bond donors (Lipinski definition) is 2. The molecule has 0 fully saturated rings. The first-order valence-corrected chi connectivity index (χ1v) is 7.37. The number of aliphatic hydroxyl groups is 1. The lowest BCUT2D eigenvalue weighted by Crippen LogP contribution is -2.22. The summed E-state index contributed by atoms with van der Waals surface area (Å²) in [5, 5.41) is 11.6. The first kappa shape index (κ1) is 15.9. The zero-order valence-corrected chi connectivity index (χ0v) is 12.0. The Hall–Kier alpha value is -1.15. The molecule has 0 aliphatic carbocycles. The van der Waals surface area contributed by atoms with Crippen molar-refractivity contribution in [2.45, 2.75) is 4.90 Å². The molecule has 0 aliphatic rings. The van der Waals surface area contributed by atoms with Gasteiger partial charge in [-0.2, -0.15) is 0 Å². The normalized spacial score (nSPS) is 11.8. The summed E-state index contributed by atoms with van der Waals surface area (Å²) < 4.78 is 30.0. The van der Waals surface area contributed by atoms with Crippen LogP contribution >= 0.6 is 0 Å². The summed E-state index contributed by atoms with van der Waals surface area (Å²) in [5.41, 5.74) is 0.824. The zero-order valence-electron chi connectivity index (χ0n) is 11.2. The molecular weight excluding hydrogens is 268 g/mol. The molecular formula is C12H20N2O4S. The van der Waals surface area contributed by atoms with Crippen LogP contribution in [0.15, 0.2) is 29.2 Å². The number of anilines is 1. The van der Waals surface area contributed by atoms with Crippen LogP contribution in [0.4, 0.5) is 5.69 Å². The van der Waals surface area contributed by atoms with E-state index in [1.54, 1.807) is 24.3 Å². The van der Waals surface area contributed by atoms with Gasteiger partial charge in [0.1, 0.15) is 0 Å². The monoisotopic (exact) mass is 288 g/mol. The molecule has 19 heavy (non-hydrogen) atoms. The van der Waals surface area contributed by atoms with Crippen LogP contribution in [-0.2, 0) is 14.8 Å². The molecule has 1 rings (SSSR count). The molecule has 2 N–H and O–H groups in total. The molecule has 0 spiro atoms. The second kappa shape index (κ2) is 7.44. The smallest absolute Gasteiger partial charge is 0.242 e. The predicted molar refractivity (Wildman–Crippen MR) is 73.7 cm³/mol. The second-order valence-corrected chi connectivity index (χ2v) is 6.23. The fourth-order valence-corrected chi connectivity index (χ4v) is 2.29. The maximum absolute atomic E-state index is 11.8. The molecule has 1 aromatic carbocycles. The van der Waals surface area contributed by atoms with Gasteiger partial charge in [0.05, 0.1) is 24.7 Å². The van der Waals surface area contributed by atoms with Gasteiger partial charge in [-0.3, -0.25) is 0 Å². The molecule has 0 heterocycles. The molecule has 0 saturated heterocycles. The lowest BCUT2D eigenvalue weighted by molar-refractivity contribution is 0.0992. The Bertz CT molecular complexity index is 471. The molecule has 0 aliphatic heterocycles. The first-order valence-electron chi connectivity index (χ1n) is 5.93. The highest BCUT2D eigenvalue weighted by atomic mass is 32.2. The molecule has 1 aromatic rings. The molecule has 7 heteroatoms. The van der Waals surface area contributed by atoms with Crippen LogP contribution in [0.5, 0.6) is 0 Å². The molecule has 0 aromatic heterocycles. The Morgan fingerprint density at radius 1 is 1.21 bits per heavy atom. The van der Waals surface area contributed by atoms with E-state index >= 15 is 0 Å². The molecule has 0 bridgehead atoms. The van der Waals surface area contributed by atoms with Crippen molar-refractivity contribution in [2.24, 2.45) is 0 Å². The first-order chi connectivity index (χ1) is 8.98. The fourth-order valence-electron chi connectivity index (χ4n) is 1.39. The topological polar surface area (TPSA) is 78.9 Å². The van der Waals surface area contributed by atoms with E-state index in [1.807, 2.05) is 0 Å². The van der Waals surface area contributed by atoms with E-state index in [0.29, 0.717) is 19.8 Å². The van der Waals surface area contributed by atoms with Crippen LogP contribution in [0.1, 0.15) is 0 Å². The summed E-state index contributed by atoms with van der Waals surface area (Å²) in [6.45, 7) is 1.41. The van der Waals surface area contributed by atoms with E-state index in [0.717, 1.165) is 5.69 Å². The minimum atomic E-state index is -3.37. The van der Waals surface area contributed by atoms with Crippen molar-refractivity contribution in [3.8, 4) is 0 Å². The Kier molecular flexibility index (Phi) is 6.23. The van der Waals surface area contributed by atoms with Crippen molar-refractivity contribution in [3.63, 3.8) is 0 Å². The molecule has 108 valence electrons. The van der Waals surface area contributed by atoms with Crippen molar-refractivity contribution in [3.05, 3.63) is 24.3 Å². The SMILES string of the molecule is CN(C)S(=O)(=O)c1ccc(NCCOCCO)cc1. The van der Waals surface area contributed by atoms with Gasteiger partial charge in [-0.1, -0.05) is 0 Å². The second-order valence-electron chi connectivity index (χ2n) is 4.07. The lowest BCUT2D eigenvalue weighted by Gasteiger charge is -2.12. The highest BCUT2D eigenvalue weighted by Gasteiger charge is 2.16. The molecule has 0 unspecified atom stereocenters. The van der Waals surface area contributed by atoms with Crippen LogP contribution in [0.2, 0.25) is 0 Å². The number of benzene rings is 1. The fraction of sp³-hybridized carbons (Fsp3) is 0.500. The van der Waals surface area contributed by atoms with Gasteiger partial charge in [0, 0.05) is 26.3 Å². The average Bonchev–Trinajstić information content (AvgIpc) is 2.39. The highest BCUT2D eigenvalue weighted by molar-refractivity contribution is 7.89. The molecule has 0 amide bonds. The molecule has 6 nitrogen and oxygen atoms in total. The maximum atomic E-state index is 11.8. The summed E-state index contributed by atoms with van der Waals surface area (Å²) in [7, 11) is -0.373. The molecule has 0 atom stereocenters. The number of sulfonamides is 1. The zero-order chi connectivity index (χ0) is 14.3. The highest BCUT2D eigenvalue weighted by Crippen LogP contribution is 2.16. The van der Waals surface area contributed by atoms with E-state index in [-0.39, 0.29) is 11.5 Å². The van der Waals surface area contributed by atoms with Gasteiger partial charge in [-0.05, 0) is 24.3 Å². The van der Waals surface area contributed by atoms with Gasteiger partial charge in [0.2, 0.25) is 10.0 Å². The van der Waals surface area contributed by atoms with Crippen LogP contribution < -0.4 is 5.32 Å². The predicted octanol–water partition coefficient (Wildman–Crippen LogP) is 0.358. The average molecular weight is 288 g/mol. The number of nitrogens with one attached hydrogen (secondary N) is 1. The van der Waals surface area contributed by atoms with Crippen LogP contribution in [0.25, 0.3) is 0 Å². The number of ether oxygens (including phenoxy) is 1. The van der Waals surface area contributed by atoms with Crippen molar-refractivity contribution < 1.29 is 18.3 Å². The number of nitrogens with zero attached hydrogens (tertiary/aromatic N) is 1. The quantitative estimate of drug-likeness (QED) is 0.675. The van der Waals surface area contributed by atoms with Crippen LogP contribution in [0, 0.1) is 0 Å². The standard InChI is InChI=1S/C12H20N2O4S/c1-14(2)19(16,17)12-5-3-11(4-6-12)13-7-9-18-10-8-15/h3-6,13,15H,7-10H2,1-2H3. The Balaban J connectivity index is 2.53. The number of hydrogen-bond acceptors (Lipinski definition) is 5. The van der Waals surface area contributed by atoms with E-state index in [4.69, 9.17) is 9.84 Å². The Labute approximate surface area is 114 Å². The Morgan fingerprint density at radius 2 is 1.84 bits per heavy atom. The maximum Gasteiger partial charge on any atom is 0.242 e. The number of rotatable bonds is 8. The third-order valence-electron chi connectivity index (χ3n) is 2.44. The van der Waals surface area contributed by atoms with Gasteiger partial charge in [0.25, 0.3) is 0 Å². The minimum Gasteiger partial charge on any atom is -0.394 e. The number of aliphatic hydroxyl groups excluding tert-OH is 1. The summed E-state index contributed by atoms with van der Waals surface area (Å²) in [6.07, 6.45) is 0. The van der Waals surface area contributed by atoms with Crippen molar-refractivity contribution in [1.82, 2.24) is 4.31 Å². The van der Waals surface area contributed by atoms with Crippen LogP contribution in [0.3, 0.4) is 0 Å². The Morgan fingerprint density at radius 3 is 2.37 bits per heavy atom. The van der Waals surface area contributed by atoms with Crippen LogP contribution in [-0.4, -0.2) is 58.3 Å². The van der Waals surface area contributed by atoms with Gasteiger partial charge >= 0.3 is 0 Å². The largest absolute Gasteiger partial charge is 0.394 e. The van der Waals surface area contributed by atoms with Gasteiger partial charge in [0.15, 0.2) is 0 Å². The lowest BCUT2D eigenvalue weighted by atomic mass is 10.3. The van der Waals surface area contributed by atoms with Gasteiger partial charge in [-0.25, -0.2) is 12.7 Å². The summed E-state index contributed by atoms with van der Waals surface area (Å²) >= 11 is 0. The molecule has 0 radical (unpaired) electrons. The summed E-state index contributed by atoms with van der Waals surface area (Å²) in [6, 6.07) is 6.54. The van der Waals surface area contributed by atoms with E-state index in [2.05, 4.69) is 5.32 Å². The third-order valence-corrected chi connectivity index (χ3v) is 4.27. The van der Waals surface area contributed by atoms with Crippen molar-refractivity contribution >= 4 is 15.7 Å². The summed E-state index contributed by atoms with van der Waals surface area (Å²) in [4.78, 5) is 0.264. The molecule has 0 saturated carbocycles. The van der Waals surface area contributed by atoms with Gasteiger partial charge < -0.3 is 15.2 Å². The minimum absolute atomic E-state index is 0.0110. The van der Waals surface area contributed by atoms with Crippen molar-refractivity contribution in [1.29, 1.82) is 0 Å². The van der Waals surface area contributed by atoms with Gasteiger partial charge in [-0.15, -0.1) is 0 Å². The van der Waals surface area contributed by atoms with E-state index < -0.39 is 10.0 Å². The summed E-state index contributed by atoms with van der Waals surface area (Å²) in [5.74, 6) is 0. The van der Waals surface area contributed by atoms with E-state index in [9.17, 15) is 8.42 Å². The third kappa shape index (κ3) is 4.79. The van der Waals surface area contributed by atoms with Crippen molar-refractivity contribution in [2.75, 3.05) is 45.8 Å².